The van der Waals surface area contributed by atoms with Crippen LogP contribution in [0.25, 0.3) is 0 Å². The van der Waals surface area contributed by atoms with Crippen LogP contribution in [0.2, 0.25) is 0 Å². The van der Waals surface area contributed by atoms with Gasteiger partial charge in [0.15, 0.2) is 0 Å². The molecule has 0 spiro atoms. The van der Waals surface area contributed by atoms with E-state index in [2.05, 4.69) is 24.0 Å². The van der Waals surface area contributed by atoms with Gasteiger partial charge in [0.25, 0.3) is 0 Å². The highest BCUT2D eigenvalue weighted by Crippen LogP contribution is 2.27. The highest BCUT2D eigenvalue weighted by atomic mass is 32.2. The standard InChI is InChI=1S/C14H15NOS/c1-10-7-11(2)15-14(8-10)17-13-5-3-12(9-16)4-6-13/h3-8,16H,9H2,1-2H3. The molecule has 1 heterocycles. The normalized spacial score (nSPS) is 10.5. The number of aromatic nitrogens is 1. The van der Waals surface area contributed by atoms with Crippen LogP contribution in [0.3, 0.4) is 0 Å². The van der Waals surface area contributed by atoms with E-state index in [0.717, 1.165) is 21.2 Å². The first kappa shape index (κ1) is 12.1. The van der Waals surface area contributed by atoms with Gasteiger partial charge in [0.05, 0.1) is 6.61 Å². The Labute approximate surface area is 106 Å². The Kier molecular flexibility index (Phi) is 3.82. The number of aliphatic hydroxyl groups excluding tert-OH is 1. The summed E-state index contributed by atoms with van der Waals surface area (Å²) in [6.07, 6.45) is 0. The monoisotopic (exact) mass is 245 g/mol. The van der Waals surface area contributed by atoms with Crippen LogP contribution in [0.15, 0.2) is 46.3 Å². The molecular weight excluding hydrogens is 230 g/mol. The molecule has 0 fully saturated rings. The Bertz CT molecular complexity index is 488. The van der Waals surface area contributed by atoms with Gasteiger partial charge >= 0.3 is 0 Å². The number of benzene rings is 1. The van der Waals surface area contributed by atoms with Crippen molar-refractivity contribution in [2.45, 2.75) is 30.4 Å². The Balaban J connectivity index is 2.19. The van der Waals surface area contributed by atoms with Gasteiger partial charge in [-0.25, -0.2) is 4.98 Å². The first-order chi connectivity index (χ1) is 8.17. The average molecular weight is 245 g/mol. The van der Waals surface area contributed by atoms with Gasteiger partial charge in [-0.1, -0.05) is 23.9 Å². The van der Waals surface area contributed by atoms with Crippen molar-refractivity contribution >= 4 is 11.8 Å². The SMILES string of the molecule is Cc1cc(C)nc(Sc2ccc(CO)cc2)c1. The zero-order valence-corrected chi connectivity index (χ0v) is 10.8. The molecule has 0 unspecified atom stereocenters. The third kappa shape index (κ3) is 3.32. The van der Waals surface area contributed by atoms with Crippen molar-refractivity contribution in [3.8, 4) is 0 Å². The number of aliphatic hydroxyl groups is 1. The van der Waals surface area contributed by atoms with Crippen LogP contribution in [0.5, 0.6) is 0 Å². The van der Waals surface area contributed by atoms with E-state index in [1.54, 1.807) is 11.8 Å². The number of aryl methyl sites for hydroxylation is 2. The second-order valence-electron chi connectivity index (χ2n) is 4.03. The van der Waals surface area contributed by atoms with Crippen molar-refractivity contribution in [3.63, 3.8) is 0 Å². The lowest BCUT2D eigenvalue weighted by molar-refractivity contribution is 0.282. The number of nitrogens with zero attached hydrogens (tertiary/aromatic N) is 1. The number of pyridine rings is 1. The van der Waals surface area contributed by atoms with Gasteiger partial charge in [-0.3, -0.25) is 0 Å². The summed E-state index contributed by atoms with van der Waals surface area (Å²) in [5.41, 5.74) is 3.20. The first-order valence-electron chi connectivity index (χ1n) is 5.50. The molecule has 3 heteroatoms. The molecule has 0 aliphatic rings. The van der Waals surface area contributed by atoms with E-state index in [9.17, 15) is 0 Å². The van der Waals surface area contributed by atoms with E-state index in [1.807, 2.05) is 31.2 Å². The Morgan fingerprint density at radius 3 is 2.41 bits per heavy atom. The smallest absolute Gasteiger partial charge is 0.101 e. The summed E-state index contributed by atoms with van der Waals surface area (Å²) in [6.45, 7) is 4.17. The van der Waals surface area contributed by atoms with Crippen LogP contribution in [0.4, 0.5) is 0 Å². The quantitative estimate of drug-likeness (QED) is 0.900. The van der Waals surface area contributed by atoms with Gasteiger partial charge in [0, 0.05) is 10.6 Å². The molecule has 2 rings (SSSR count). The zero-order chi connectivity index (χ0) is 12.3. The highest BCUT2D eigenvalue weighted by molar-refractivity contribution is 7.99. The average Bonchev–Trinajstić information content (AvgIpc) is 2.28. The number of hydrogen-bond acceptors (Lipinski definition) is 3. The zero-order valence-electron chi connectivity index (χ0n) is 9.97. The van der Waals surface area contributed by atoms with Crippen LogP contribution in [-0.4, -0.2) is 10.1 Å². The second-order valence-corrected chi connectivity index (χ2v) is 5.12. The summed E-state index contributed by atoms with van der Waals surface area (Å²) >= 11 is 1.64. The summed E-state index contributed by atoms with van der Waals surface area (Å²) in [7, 11) is 0. The molecule has 0 amide bonds. The van der Waals surface area contributed by atoms with Crippen LogP contribution in [0, 0.1) is 13.8 Å². The van der Waals surface area contributed by atoms with Crippen molar-refractivity contribution in [1.29, 1.82) is 0 Å². The second kappa shape index (κ2) is 5.34. The lowest BCUT2D eigenvalue weighted by Crippen LogP contribution is -1.87. The van der Waals surface area contributed by atoms with E-state index in [1.165, 1.54) is 5.56 Å². The molecule has 0 radical (unpaired) electrons. The largest absolute Gasteiger partial charge is 0.392 e. The van der Waals surface area contributed by atoms with Crippen molar-refractivity contribution in [3.05, 3.63) is 53.2 Å². The minimum absolute atomic E-state index is 0.0900. The topological polar surface area (TPSA) is 33.1 Å². The van der Waals surface area contributed by atoms with Crippen LogP contribution < -0.4 is 0 Å². The summed E-state index contributed by atoms with van der Waals surface area (Å²) < 4.78 is 0. The maximum absolute atomic E-state index is 8.97. The van der Waals surface area contributed by atoms with Crippen molar-refractivity contribution in [1.82, 2.24) is 4.98 Å². The molecule has 0 aliphatic heterocycles. The molecule has 0 saturated carbocycles. The summed E-state index contributed by atoms with van der Waals surface area (Å²) in [5, 5.41) is 9.99. The fourth-order valence-corrected chi connectivity index (χ4v) is 2.59. The minimum Gasteiger partial charge on any atom is -0.392 e. The van der Waals surface area contributed by atoms with Crippen molar-refractivity contribution in [2.75, 3.05) is 0 Å². The van der Waals surface area contributed by atoms with Gasteiger partial charge in [-0.05, 0) is 49.2 Å². The maximum atomic E-state index is 8.97. The van der Waals surface area contributed by atoms with Gasteiger partial charge in [0.2, 0.25) is 0 Å². The molecule has 1 aromatic carbocycles. The molecule has 0 aliphatic carbocycles. The summed E-state index contributed by atoms with van der Waals surface area (Å²) in [6, 6.07) is 12.0. The predicted octanol–water partition coefficient (Wildman–Crippen LogP) is 3.34. The molecule has 1 aromatic heterocycles. The van der Waals surface area contributed by atoms with E-state index < -0.39 is 0 Å². The Morgan fingerprint density at radius 1 is 1.12 bits per heavy atom. The molecule has 17 heavy (non-hydrogen) atoms. The highest BCUT2D eigenvalue weighted by Gasteiger charge is 2.01. The van der Waals surface area contributed by atoms with E-state index in [0.29, 0.717) is 0 Å². The van der Waals surface area contributed by atoms with Gasteiger partial charge in [-0.2, -0.15) is 0 Å². The fraction of sp³-hybridized carbons (Fsp3) is 0.214. The molecule has 0 atom stereocenters. The third-order valence-electron chi connectivity index (χ3n) is 2.40. The van der Waals surface area contributed by atoms with E-state index in [-0.39, 0.29) is 6.61 Å². The summed E-state index contributed by atoms with van der Waals surface area (Å²) in [4.78, 5) is 5.62. The van der Waals surface area contributed by atoms with Gasteiger partial charge in [-0.15, -0.1) is 0 Å². The molecule has 1 N–H and O–H groups in total. The molecule has 2 nitrogen and oxygen atoms in total. The van der Waals surface area contributed by atoms with Gasteiger partial charge < -0.3 is 5.11 Å². The molecular formula is C14H15NOS. The van der Waals surface area contributed by atoms with Crippen LogP contribution in [0.1, 0.15) is 16.8 Å². The summed E-state index contributed by atoms with van der Waals surface area (Å²) in [5.74, 6) is 0. The fourth-order valence-electron chi connectivity index (χ4n) is 1.64. The third-order valence-corrected chi connectivity index (χ3v) is 3.33. The van der Waals surface area contributed by atoms with Crippen LogP contribution >= 0.6 is 11.8 Å². The molecule has 2 aromatic rings. The lowest BCUT2D eigenvalue weighted by Gasteiger charge is -2.04. The van der Waals surface area contributed by atoms with Crippen molar-refractivity contribution in [2.24, 2.45) is 0 Å². The molecule has 0 bridgehead atoms. The molecule has 88 valence electrons. The minimum atomic E-state index is 0.0900. The number of rotatable bonds is 3. The maximum Gasteiger partial charge on any atom is 0.101 e. The van der Waals surface area contributed by atoms with E-state index >= 15 is 0 Å². The lowest BCUT2D eigenvalue weighted by atomic mass is 10.2. The Hall–Kier alpha value is -1.32. The van der Waals surface area contributed by atoms with E-state index in [4.69, 9.17) is 5.11 Å². The Morgan fingerprint density at radius 2 is 1.82 bits per heavy atom. The predicted molar refractivity (Wildman–Crippen MR) is 70.2 cm³/mol. The molecule has 0 saturated heterocycles. The number of hydrogen-bond donors (Lipinski definition) is 1. The first-order valence-corrected chi connectivity index (χ1v) is 6.32. The van der Waals surface area contributed by atoms with Gasteiger partial charge in [0.1, 0.15) is 5.03 Å². The van der Waals surface area contributed by atoms with Crippen LogP contribution in [-0.2, 0) is 6.61 Å². The van der Waals surface area contributed by atoms with Crippen molar-refractivity contribution < 1.29 is 5.11 Å².